The van der Waals surface area contributed by atoms with Gasteiger partial charge in [0.2, 0.25) is 17.7 Å². The molecule has 2 rings (SSSR count). The molecule has 0 aliphatic carbocycles. The van der Waals surface area contributed by atoms with Crippen molar-refractivity contribution in [3.05, 3.63) is 47.7 Å². The number of nitrogens with zero attached hydrogens (tertiary/aromatic N) is 2. The molecule has 0 spiro atoms. The Morgan fingerprint density at radius 1 is 1.13 bits per heavy atom. The van der Waals surface area contributed by atoms with Crippen LogP contribution in [-0.2, 0) is 16.0 Å². The van der Waals surface area contributed by atoms with Crippen LogP contribution < -0.4 is 22.1 Å². The number of nitrogens with two attached hydrogens (primary N) is 2. The lowest BCUT2D eigenvalue weighted by molar-refractivity contribution is -0.141. The van der Waals surface area contributed by atoms with Gasteiger partial charge in [-0.3, -0.25) is 4.79 Å². The molecule has 12 heteroatoms. The van der Waals surface area contributed by atoms with Gasteiger partial charge >= 0.3 is 12.0 Å². The molecule has 8 N–H and O–H groups in total. The van der Waals surface area contributed by atoms with Gasteiger partial charge in [0.05, 0.1) is 18.6 Å². The second-order valence-electron chi connectivity index (χ2n) is 6.67. The minimum atomic E-state index is -1.56. The molecule has 2 aromatic rings. The summed E-state index contributed by atoms with van der Waals surface area (Å²) in [5, 5.41) is 30.6. The summed E-state index contributed by atoms with van der Waals surface area (Å²) >= 11 is 0. The van der Waals surface area contributed by atoms with Crippen LogP contribution in [0.15, 0.2) is 34.7 Å². The number of rotatable bonds is 10. The lowest BCUT2D eigenvalue weighted by Gasteiger charge is -2.19. The van der Waals surface area contributed by atoms with Crippen molar-refractivity contribution in [3.8, 4) is 0 Å². The van der Waals surface area contributed by atoms with Crippen molar-refractivity contribution in [2.75, 3.05) is 0 Å². The average molecular weight is 420 g/mol. The number of aliphatic hydroxyl groups excluding tert-OH is 1. The van der Waals surface area contributed by atoms with Crippen LogP contribution in [0.2, 0.25) is 0 Å². The van der Waals surface area contributed by atoms with Crippen LogP contribution in [0.25, 0.3) is 0 Å². The Hall–Kier alpha value is -3.51. The van der Waals surface area contributed by atoms with Gasteiger partial charge in [0, 0.05) is 0 Å². The highest BCUT2D eigenvalue weighted by molar-refractivity contribution is 5.83. The predicted octanol–water partition coefficient (Wildman–Crippen LogP) is -0.638. The molecule has 1 aromatic carbocycles. The number of carboxylic acids is 1. The lowest BCUT2D eigenvalue weighted by Crippen LogP contribution is -2.52. The van der Waals surface area contributed by atoms with Crippen LogP contribution in [0.1, 0.15) is 42.8 Å². The largest absolute Gasteiger partial charge is 0.480 e. The lowest BCUT2D eigenvalue weighted by atomic mass is 10.1. The van der Waals surface area contributed by atoms with E-state index in [4.69, 9.17) is 21.0 Å². The molecule has 1 heterocycles. The summed E-state index contributed by atoms with van der Waals surface area (Å²) in [7, 11) is 0. The van der Waals surface area contributed by atoms with Crippen LogP contribution in [0, 0.1) is 0 Å². The second-order valence-corrected chi connectivity index (χ2v) is 6.67. The van der Waals surface area contributed by atoms with Gasteiger partial charge in [-0.05, 0) is 18.9 Å². The van der Waals surface area contributed by atoms with Gasteiger partial charge in [0.15, 0.2) is 6.04 Å². The van der Waals surface area contributed by atoms with E-state index in [-0.39, 0.29) is 18.2 Å². The minimum absolute atomic E-state index is 0.0953. The van der Waals surface area contributed by atoms with E-state index in [0.717, 1.165) is 5.56 Å². The SMILES string of the molecule is C[C@@H](O)[C@H](NC(=O)N[C@@H](CC(N)=O)c1nnc([C@@H](N)Cc2ccccc2)o1)C(=O)O. The van der Waals surface area contributed by atoms with Gasteiger partial charge in [-0.1, -0.05) is 30.3 Å². The van der Waals surface area contributed by atoms with E-state index >= 15 is 0 Å². The first-order valence-electron chi connectivity index (χ1n) is 9.06. The maximum Gasteiger partial charge on any atom is 0.328 e. The van der Waals surface area contributed by atoms with Crippen LogP contribution >= 0.6 is 0 Å². The van der Waals surface area contributed by atoms with Crippen LogP contribution in [0.4, 0.5) is 4.79 Å². The van der Waals surface area contributed by atoms with Gasteiger partial charge < -0.3 is 36.7 Å². The topological polar surface area (TPSA) is 207 Å². The monoisotopic (exact) mass is 420 g/mol. The fourth-order valence-corrected chi connectivity index (χ4v) is 2.62. The van der Waals surface area contributed by atoms with Crippen LogP contribution in [-0.4, -0.2) is 50.5 Å². The minimum Gasteiger partial charge on any atom is -0.480 e. The van der Waals surface area contributed by atoms with E-state index in [1.807, 2.05) is 30.3 Å². The Bertz CT molecular complexity index is 871. The summed E-state index contributed by atoms with van der Waals surface area (Å²) in [6.45, 7) is 1.21. The molecule has 0 bridgehead atoms. The summed E-state index contributed by atoms with van der Waals surface area (Å²) in [6.07, 6.45) is -1.31. The molecule has 4 atom stereocenters. The summed E-state index contributed by atoms with van der Waals surface area (Å²) in [6, 6.07) is 5.12. The Kier molecular flexibility index (Phi) is 7.83. The van der Waals surface area contributed by atoms with Crippen molar-refractivity contribution in [1.82, 2.24) is 20.8 Å². The van der Waals surface area contributed by atoms with Crippen molar-refractivity contribution in [3.63, 3.8) is 0 Å². The van der Waals surface area contributed by atoms with Gasteiger partial charge in [-0.15, -0.1) is 10.2 Å². The molecule has 0 unspecified atom stereocenters. The zero-order chi connectivity index (χ0) is 22.3. The summed E-state index contributed by atoms with van der Waals surface area (Å²) in [5.41, 5.74) is 12.3. The maximum absolute atomic E-state index is 12.1. The first kappa shape index (κ1) is 22.8. The first-order valence-corrected chi connectivity index (χ1v) is 9.06. The van der Waals surface area contributed by atoms with Crippen LogP contribution in [0.3, 0.4) is 0 Å². The van der Waals surface area contributed by atoms with Crippen molar-refractivity contribution in [2.24, 2.45) is 11.5 Å². The van der Waals surface area contributed by atoms with E-state index in [1.54, 1.807) is 0 Å². The number of carboxylic acid groups (broad SMARTS) is 1. The Morgan fingerprint density at radius 2 is 1.77 bits per heavy atom. The number of nitrogens with one attached hydrogen (secondary N) is 2. The first-order chi connectivity index (χ1) is 14.2. The number of aliphatic hydroxyl groups is 1. The molecule has 0 radical (unpaired) electrons. The van der Waals surface area contributed by atoms with E-state index in [9.17, 15) is 19.5 Å². The molecule has 0 fully saturated rings. The molecule has 0 saturated carbocycles. The number of amides is 3. The molecule has 1 aromatic heterocycles. The summed E-state index contributed by atoms with van der Waals surface area (Å²) < 4.78 is 5.52. The molecule has 3 amide bonds. The number of carbonyl (C=O) groups excluding carboxylic acids is 2. The number of urea groups is 1. The highest BCUT2D eigenvalue weighted by atomic mass is 16.4. The molecule has 0 aliphatic rings. The van der Waals surface area contributed by atoms with E-state index in [2.05, 4.69) is 20.8 Å². The van der Waals surface area contributed by atoms with E-state index < -0.39 is 42.1 Å². The standard InChI is InChI=1S/C18H24N6O6/c1-9(25)14(17(27)28)22-18(29)21-12(8-13(20)26)16-24-23-15(30-16)11(19)7-10-5-3-2-4-6-10/h2-6,9,11-12,14,25H,7-8,19H2,1H3,(H2,20,26)(H,27,28)(H2,21,22,29)/t9-,11+,12+,14+/m1/s1. The normalized spacial score (nSPS) is 14.9. The van der Waals surface area contributed by atoms with Crippen molar-refractivity contribution < 1.29 is 29.0 Å². The number of aromatic nitrogens is 2. The second kappa shape index (κ2) is 10.3. The number of carbonyl (C=O) groups is 3. The third-order valence-corrected chi connectivity index (χ3v) is 4.12. The third-order valence-electron chi connectivity index (χ3n) is 4.12. The summed E-state index contributed by atoms with van der Waals surface area (Å²) in [4.78, 5) is 34.6. The Morgan fingerprint density at radius 3 is 2.33 bits per heavy atom. The Balaban J connectivity index is 2.10. The van der Waals surface area contributed by atoms with Crippen LogP contribution in [0.5, 0.6) is 0 Å². The maximum atomic E-state index is 12.1. The fraction of sp³-hybridized carbons (Fsp3) is 0.389. The van der Waals surface area contributed by atoms with Gasteiger partial charge in [0.1, 0.15) is 6.04 Å². The van der Waals surface area contributed by atoms with Crippen molar-refractivity contribution >= 4 is 17.9 Å². The molecule has 30 heavy (non-hydrogen) atoms. The van der Waals surface area contributed by atoms with E-state index in [0.29, 0.717) is 6.42 Å². The van der Waals surface area contributed by atoms with Crippen molar-refractivity contribution in [2.45, 2.75) is 44.0 Å². The van der Waals surface area contributed by atoms with Gasteiger partial charge in [-0.25, -0.2) is 9.59 Å². The quantitative estimate of drug-likeness (QED) is 0.288. The highest BCUT2D eigenvalue weighted by Gasteiger charge is 2.29. The number of hydrogen-bond donors (Lipinski definition) is 6. The fourth-order valence-electron chi connectivity index (χ4n) is 2.62. The van der Waals surface area contributed by atoms with Crippen molar-refractivity contribution in [1.29, 1.82) is 0 Å². The molecular weight excluding hydrogens is 396 g/mol. The molecule has 12 nitrogen and oxygen atoms in total. The number of primary amides is 1. The van der Waals surface area contributed by atoms with Gasteiger partial charge in [-0.2, -0.15) is 0 Å². The highest BCUT2D eigenvalue weighted by Crippen LogP contribution is 2.20. The number of hydrogen-bond acceptors (Lipinski definition) is 8. The molecule has 162 valence electrons. The van der Waals surface area contributed by atoms with Gasteiger partial charge in [0.25, 0.3) is 0 Å². The van der Waals surface area contributed by atoms with E-state index in [1.165, 1.54) is 6.92 Å². The molecule has 0 aliphatic heterocycles. The number of benzene rings is 1. The predicted molar refractivity (Wildman–Crippen MR) is 103 cm³/mol. The summed E-state index contributed by atoms with van der Waals surface area (Å²) in [5.74, 6) is -2.22. The zero-order valence-electron chi connectivity index (χ0n) is 16.2. The smallest absolute Gasteiger partial charge is 0.328 e. The third kappa shape index (κ3) is 6.53. The number of aliphatic carboxylic acids is 1. The Labute approximate surface area is 171 Å². The average Bonchev–Trinajstić information content (AvgIpc) is 3.16. The zero-order valence-corrected chi connectivity index (χ0v) is 16.2. The molecular formula is C18H24N6O6. The molecule has 0 saturated heterocycles.